The number of carbonyl (C=O) groups excluding carboxylic acids is 3. The van der Waals surface area contributed by atoms with Crippen molar-refractivity contribution < 1.29 is 23.5 Å². The Hall–Kier alpha value is -4.20. The molecule has 0 radical (unpaired) electrons. The fourth-order valence-electron chi connectivity index (χ4n) is 4.18. The van der Waals surface area contributed by atoms with E-state index in [4.69, 9.17) is 9.15 Å². The molecule has 0 atom stereocenters. The van der Waals surface area contributed by atoms with E-state index in [0.29, 0.717) is 41.1 Å². The van der Waals surface area contributed by atoms with Crippen molar-refractivity contribution in [3.63, 3.8) is 0 Å². The third-order valence-electron chi connectivity index (χ3n) is 6.10. The Morgan fingerprint density at radius 2 is 1.74 bits per heavy atom. The lowest BCUT2D eigenvalue weighted by Crippen LogP contribution is -2.28. The molecule has 0 unspecified atom stereocenters. The molecule has 35 heavy (non-hydrogen) atoms. The maximum absolute atomic E-state index is 13.4. The number of carbonyl (C=O) groups is 3. The molecule has 0 saturated carbocycles. The van der Waals surface area contributed by atoms with Crippen molar-refractivity contribution in [2.75, 3.05) is 19.1 Å². The van der Waals surface area contributed by atoms with E-state index in [1.807, 2.05) is 19.1 Å². The molecule has 8 heteroatoms. The molecule has 4 rings (SSSR count). The summed E-state index contributed by atoms with van der Waals surface area (Å²) >= 11 is 0. The number of methoxy groups -OCH3 is 1. The van der Waals surface area contributed by atoms with Crippen LogP contribution in [0, 0.1) is 13.8 Å². The minimum absolute atomic E-state index is 0.177. The largest absolute Gasteiger partial charge is 0.465 e. The van der Waals surface area contributed by atoms with Gasteiger partial charge in [-0.3, -0.25) is 9.59 Å². The van der Waals surface area contributed by atoms with Crippen molar-refractivity contribution in [1.29, 1.82) is 0 Å². The molecule has 180 valence electrons. The Kier molecular flexibility index (Phi) is 6.82. The Morgan fingerprint density at radius 3 is 2.46 bits per heavy atom. The number of benzene rings is 2. The van der Waals surface area contributed by atoms with Crippen LogP contribution < -0.4 is 10.3 Å². The summed E-state index contributed by atoms with van der Waals surface area (Å²) in [5.74, 6) is -0.390. The zero-order chi connectivity index (χ0) is 25.1. The number of rotatable bonds is 5. The first-order valence-corrected chi connectivity index (χ1v) is 11.3. The van der Waals surface area contributed by atoms with Gasteiger partial charge in [-0.25, -0.2) is 10.2 Å². The second-order valence-corrected chi connectivity index (χ2v) is 8.45. The lowest BCUT2D eigenvalue weighted by atomic mass is 9.93. The number of fused-ring (bicyclic) bond motifs is 1. The fourth-order valence-corrected chi connectivity index (χ4v) is 4.18. The van der Waals surface area contributed by atoms with Crippen molar-refractivity contribution in [3.05, 3.63) is 87.9 Å². The standard InChI is InChI=1S/C27H27N3O5/c1-16-12-14-18(15-13-16)25(31)29-28-20-9-7-11-22-23(20)17(2)24(35-22)26(32)30(3)21-10-6-5-8-19(21)27(33)34-4/h5-6,8,10,12-15H,7,9,11H2,1-4H3,(H,29,31)/b28-20+. The van der Waals surface area contributed by atoms with Crippen molar-refractivity contribution >= 4 is 29.2 Å². The minimum atomic E-state index is -0.533. The van der Waals surface area contributed by atoms with Gasteiger partial charge in [0.15, 0.2) is 5.76 Å². The topological polar surface area (TPSA) is 101 Å². The van der Waals surface area contributed by atoms with Crippen LogP contribution in [0.1, 0.15) is 66.6 Å². The van der Waals surface area contributed by atoms with E-state index < -0.39 is 11.9 Å². The Morgan fingerprint density at radius 1 is 1.03 bits per heavy atom. The average Bonchev–Trinajstić information content (AvgIpc) is 3.23. The van der Waals surface area contributed by atoms with Crippen LogP contribution in [-0.2, 0) is 11.2 Å². The molecule has 0 saturated heterocycles. The number of hydrazone groups is 1. The van der Waals surface area contributed by atoms with Crippen LogP contribution in [0.3, 0.4) is 0 Å². The maximum atomic E-state index is 13.4. The maximum Gasteiger partial charge on any atom is 0.339 e. The number of aryl methyl sites for hydroxylation is 2. The van der Waals surface area contributed by atoms with Gasteiger partial charge in [0.05, 0.1) is 24.1 Å². The SMILES string of the molecule is COC(=O)c1ccccc1N(C)C(=O)c1oc2c(c1C)/C(=N/NC(=O)c1ccc(C)cc1)CCC2. The predicted octanol–water partition coefficient (Wildman–Crippen LogP) is 4.43. The van der Waals surface area contributed by atoms with Gasteiger partial charge >= 0.3 is 5.97 Å². The van der Waals surface area contributed by atoms with Gasteiger partial charge in [-0.05, 0) is 51.0 Å². The fraction of sp³-hybridized carbons (Fsp3) is 0.259. The molecule has 3 aromatic rings. The van der Waals surface area contributed by atoms with Gasteiger partial charge in [0.25, 0.3) is 11.8 Å². The third-order valence-corrected chi connectivity index (χ3v) is 6.10. The number of anilines is 1. The molecule has 1 aromatic heterocycles. The molecule has 2 aromatic carbocycles. The summed E-state index contributed by atoms with van der Waals surface area (Å²) in [6.45, 7) is 3.76. The highest BCUT2D eigenvalue weighted by atomic mass is 16.5. The zero-order valence-corrected chi connectivity index (χ0v) is 20.2. The molecule has 8 nitrogen and oxygen atoms in total. The summed E-state index contributed by atoms with van der Waals surface area (Å²) < 4.78 is 10.9. The van der Waals surface area contributed by atoms with E-state index in [-0.39, 0.29) is 17.2 Å². The zero-order valence-electron chi connectivity index (χ0n) is 20.2. The molecular formula is C27H27N3O5. The first-order chi connectivity index (χ1) is 16.8. The van der Waals surface area contributed by atoms with E-state index in [1.165, 1.54) is 12.0 Å². The summed E-state index contributed by atoms with van der Waals surface area (Å²) in [5.41, 5.74) is 6.97. The van der Waals surface area contributed by atoms with Gasteiger partial charge in [-0.1, -0.05) is 29.8 Å². The number of ether oxygens (including phenoxy) is 1. The Balaban J connectivity index is 1.62. The van der Waals surface area contributed by atoms with E-state index >= 15 is 0 Å². The van der Waals surface area contributed by atoms with E-state index in [9.17, 15) is 14.4 Å². The van der Waals surface area contributed by atoms with E-state index in [2.05, 4.69) is 10.5 Å². The number of nitrogens with zero attached hydrogens (tertiary/aromatic N) is 2. The van der Waals surface area contributed by atoms with Gasteiger partial charge < -0.3 is 14.1 Å². The highest BCUT2D eigenvalue weighted by Crippen LogP contribution is 2.32. The Labute approximate surface area is 203 Å². The number of para-hydroxylation sites is 1. The van der Waals surface area contributed by atoms with Crippen LogP contribution in [0.15, 0.2) is 58.0 Å². The summed E-state index contributed by atoms with van der Waals surface area (Å²) in [6, 6.07) is 14.0. The van der Waals surface area contributed by atoms with Gasteiger partial charge in [-0.15, -0.1) is 0 Å². The van der Waals surface area contributed by atoms with Gasteiger partial charge in [0.2, 0.25) is 0 Å². The first kappa shape index (κ1) is 23.9. The van der Waals surface area contributed by atoms with Gasteiger partial charge in [-0.2, -0.15) is 5.10 Å². The highest BCUT2D eigenvalue weighted by molar-refractivity contribution is 6.12. The lowest BCUT2D eigenvalue weighted by molar-refractivity contribution is 0.0601. The molecular weight excluding hydrogens is 446 g/mol. The molecule has 1 aliphatic carbocycles. The second-order valence-electron chi connectivity index (χ2n) is 8.45. The minimum Gasteiger partial charge on any atom is -0.465 e. The Bertz CT molecular complexity index is 1320. The van der Waals surface area contributed by atoms with Crippen LogP contribution >= 0.6 is 0 Å². The van der Waals surface area contributed by atoms with Crippen molar-refractivity contribution in [2.45, 2.75) is 33.1 Å². The normalized spacial score (nSPS) is 13.8. The summed E-state index contributed by atoms with van der Waals surface area (Å²) in [7, 11) is 2.88. The monoisotopic (exact) mass is 473 g/mol. The predicted molar refractivity (Wildman–Crippen MR) is 132 cm³/mol. The number of hydrogen-bond donors (Lipinski definition) is 1. The second kappa shape index (κ2) is 9.97. The molecule has 1 heterocycles. The summed E-state index contributed by atoms with van der Waals surface area (Å²) in [6.07, 6.45) is 2.10. The lowest BCUT2D eigenvalue weighted by Gasteiger charge is -2.19. The van der Waals surface area contributed by atoms with E-state index in [0.717, 1.165) is 17.5 Å². The van der Waals surface area contributed by atoms with Crippen molar-refractivity contribution in [2.24, 2.45) is 5.10 Å². The molecule has 2 amide bonds. The number of nitrogens with one attached hydrogen (secondary N) is 1. The van der Waals surface area contributed by atoms with Crippen molar-refractivity contribution in [3.8, 4) is 0 Å². The molecule has 0 bridgehead atoms. The van der Waals surface area contributed by atoms with Crippen LogP contribution in [-0.4, -0.2) is 37.7 Å². The van der Waals surface area contributed by atoms with Crippen LogP contribution in [0.25, 0.3) is 0 Å². The van der Waals surface area contributed by atoms with E-state index in [1.54, 1.807) is 50.4 Å². The number of hydrogen-bond acceptors (Lipinski definition) is 6. The molecule has 1 N–H and O–H groups in total. The molecule has 0 aliphatic heterocycles. The average molecular weight is 474 g/mol. The van der Waals surface area contributed by atoms with Gasteiger partial charge in [0.1, 0.15) is 5.76 Å². The van der Waals surface area contributed by atoms with Crippen molar-refractivity contribution in [1.82, 2.24) is 5.43 Å². The number of furan rings is 1. The first-order valence-electron chi connectivity index (χ1n) is 11.3. The molecule has 1 aliphatic rings. The van der Waals surface area contributed by atoms with Crippen LogP contribution in [0.5, 0.6) is 0 Å². The molecule has 0 spiro atoms. The smallest absolute Gasteiger partial charge is 0.339 e. The number of esters is 1. The summed E-state index contributed by atoms with van der Waals surface area (Å²) in [4.78, 5) is 39.5. The number of amides is 2. The van der Waals surface area contributed by atoms with Crippen LogP contribution in [0.2, 0.25) is 0 Å². The quantitative estimate of drug-likeness (QED) is 0.436. The highest BCUT2D eigenvalue weighted by Gasteiger charge is 2.30. The van der Waals surface area contributed by atoms with Gasteiger partial charge in [0, 0.05) is 30.2 Å². The molecule has 0 fully saturated rings. The summed E-state index contributed by atoms with van der Waals surface area (Å²) in [5, 5.41) is 4.38. The third kappa shape index (κ3) is 4.73. The van der Waals surface area contributed by atoms with Crippen LogP contribution in [0.4, 0.5) is 5.69 Å².